The van der Waals surface area contributed by atoms with Crippen LogP contribution < -0.4 is 10.6 Å². The van der Waals surface area contributed by atoms with E-state index in [4.69, 9.17) is 0 Å². The van der Waals surface area contributed by atoms with Gasteiger partial charge in [-0.3, -0.25) is 9.69 Å². The number of carbonyl (C=O) groups excluding carboxylic acids is 1. The maximum Gasteiger partial charge on any atom is 0.238 e. The van der Waals surface area contributed by atoms with Crippen LogP contribution in [0, 0.1) is 0 Å². The molecule has 0 aromatic carbocycles. The molecule has 4 nitrogen and oxygen atoms in total. The van der Waals surface area contributed by atoms with Crippen LogP contribution in [0.3, 0.4) is 0 Å². The molecule has 19 heavy (non-hydrogen) atoms. The van der Waals surface area contributed by atoms with E-state index in [1.165, 1.54) is 0 Å². The van der Waals surface area contributed by atoms with Crippen LogP contribution in [0.25, 0.3) is 0 Å². The van der Waals surface area contributed by atoms with Gasteiger partial charge in [0.1, 0.15) is 0 Å². The number of rotatable bonds is 2. The van der Waals surface area contributed by atoms with Gasteiger partial charge in [-0.2, -0.15) is 11.8 Å². The Kier molecular flexibility index (Phi) is 5.15. The van der Waals surface area contributed by atoms with Gasteiger partial charge in [0, 0.05) is 42.7 Å². The summed E-state index contributed by atoms with van der Waals surface area (Å²) in [6.45, 7) is 9.90. The normalized spacial score (nSPS) is 27.2. The fourth-order valence-electron chi connectivity index (χ4n) is 2.73. The van der Waals surface area contributed by atoms with Crippen molar-refractivity contribution in [2.24, 2.45) is 0 Å². The summed E-state index contributed by atoms with van der Waals surface area (Å²) in [5, 5.41) is 6.52. The minimum absolute atomic E-state index is 0.0133. The van der Waals surface area contributed by atoms with E-state index < -0.39 is 0 Å². The van der Waals surface area contributed by atoms with Crippen molar-refractivity contribution in [2.45, 2.75) is 51.2 Å². The quantitative estimate of drug-likeness (QED) is 0.797. The molecule has 2 N–H and O–H groups in total. The highest BCUT2D eigenvalue weighted by molar-refractivity contribution is 7.99. The fourth-order valence-corrected chi connectivity index (χ4v) is 3.66. The molecule has 0 saturated carbocycles. The molecular weight excluding hydrogens is 258 g/mol. The number of likely N-dealkylation sites (tertiary alicyclic amines) is 1. The smallest absolute Gasteiger partial charge is 0.238 e. The first-order valence-electron chi connectivity index (χ1n) is 7.33. The molecule has 2 heterocycles. The first kappa shape index (κ1) is 15.1. The lowest BCUT2D eigenvalue weighted by molar-refractivity contribution is -0.123. The monoisotopic (exact) mass is 285 g/mol. The summed E-state index contributed by atoms with van der Waals surface area (Å²) in [5.41, 5.74) is 0.247. The third-order valence-electron chi connectivity index (χ3n) is 4.03. The Balaban J connectivity index is 1.74. The lowest BCUT2D eigenvalue weighted by atomic mass is 9.98. The van der Waals surface area contributed by atoms with Gasteiger partial charge in [0.25, 0.3) is 0 Å². The molecule has 110 valence electrons. The van der Waals surface area contributed by atoms with E-state index in [1.54, 1.807) is 0 Å². The first-order chi connectivity index (χ1) is 8.97. The average Bonchev–Trinajstić information content (AvgIpc) is 2.39. The SMILES string of the molecule is CC(C)(C)N1CCC(NC(=O)C2CSCCN2)CC1. The topological polar surface area (TPSA) is 44.4 Å². The molecule has 2 saturated heterocycles. The molecule has 5 heteroatoms. The van der Waals surface area contributed by atoms with Crippen molar-refractivity contribution in [2.75, 3.05) is 31.1 Å². The Morgan fingerprint density at radius 3 is 2.53 bits per heavy atom. The van der Waals surface area contributed by atoms with E-state index in [-0.39, 0.29) is 17.5 Å². The van der Waals surface area contributed by atoms with Gasteiger partial charge < -0.3 is 10.6 Å². The third-order valence-corrected chi connectivity index (χ3v) is 5.09. The second kappa shape index (κ2) is 6.46. The number of thioether (sulfide) groups is 1. The van der Waals surface area contributed by atoms with E-state index in [0.29, 0.717) is 6.04 Å². The minimum Gasteiger partial charge on any atom is -0.352 e. The summed E-state index contributed by atoms with van der Waals surface area (Å²) in [6, 6.07) is 0.374. The zero-order valence-electron chi connectivity index (χ0n) is 12.4. The Bertz CT molecular complexity index is 302. The van der Waals surface area contributed by atoms with Crippen molar-refractivity contribution in [3.05, 3.63) is 0 Å². The van der Waals surface area contributed by atoms with Gasteiger partial charge in [-0.05, 0) is 33.6 Å². The summed E-state index contributed by atoms with van der Waals surface area (Å²) in [7, 11) is 0. The number of hydrogen-bond acceptors (Lipinski definition) is 4. The number of amides is 1. The Labute approximate surface area is 121 Å². The molecule has 2 fully saturated rings. The second-order valence-corrected chi connectivity index (χ2v) is 7.67. The molecule has 1 unspecified atom stereocenters. The molecule has 0 spiro atoms. The molecule has 1 amide bonds. The molecule has 0 aliphatic carbocycles. The molecule has 2 aliphatic rings. The van der Waals surface area contributed by atoms with Crippen LogP contribution in [0.1, 0.15) is 33.6 Å². The molecule has 2 aliphatic heterocycles. The van der Waals surface area contributed by atoms with Gasteiger partial charge in [-0.15, -0.1) is 0 Å². The lowest BCUT2D eigenvalue weighted by Gasteiger charge is -2.41. The van der Waals surface area contributed by atoms with Gasteiger partial charge >= 0.3 is 0 Å². The number of nitrogens with zero attached hydrogens (tertiary/aromatic N) is 1. The van der Waals surface area contributed by atoms with Crippen LogP contribution in [0.4, 0.5) is 0 Å². The zero-order valence-corrected chi connectivity index (χ0v) is 13.2. The molecule has 2 rings (SSSR count). The lowest BCUT2D eigenvalue weighted by Crippen LogP contribution is -2.55. The van der Waals surface area contributed by atoms with Gasteiger partial charge in [0.15, 0.2) is 0 Å². The van der Waals surface area contributed by atoms with Gasteiger partial charge in [-0.1, -0.05) is 0 Å². The summed E-state index contributed by atoms with van der Waals surface area (Å²) in [4.78, 5) is 14.6. The molecular formula is C14H27N3OS. The van der Waals surface area contributed by atoms with E-state index in [2.05, 4.69) is 36.3 Å². The second-order valence-electron chi connectivity index (χ2n) is 6.52. The molecule has 0 aromatic heterocycles. The number of carbonyl (C=O) groups is 1. The molecule has 0 aromatic rings. The summed E-state index contributed by atoms with van der Waals surface area (Å²) in [6.07, 6.45) is 2.14. The fraction of sp³-hybridized carbons (Fsp3) is 0.929. The molecule has 0 radical (unpaired) electrons. The molecule has 0 bridgehead atoms. The standard InChI is InChI=1S/C14H27N3OS/c1-14(2,3)17-7-4-11(5-8-17)16-13(18)12-10-19-9-6-15-12/h11-12,15H,4-10H2,1-3H3,(H,16,18). The zero-order chi connectivity index (χ0) is 13.9. The van der Waals surface area contributed by atoms with Crippen LogP contribution in [-0.2, 0) is 4.79 Å². The summed E-state index contributed by atoms with van der Waals surface area (Å²) in [5.74, 6) is 2.22. The van der Waals surface area contributed by atoms with Crippen LogP contribution >= 0.6 is 11.8 Å². The van der Waals surface area contributed by atoms with Crippen molar-refractivity contribution in [3.63, 3.8) is 0 Å². The first-order valence-corrected chi connectivity index (χ1v) is 8.49. The van der Waals surface area contributed by atoms with Crippen molar-refractivity contribution in [3.8, 4) is 0 Å². The van der Waals surface area contributed by atoms with Crippen molar-refractivity contribution < 1.29 is 4.79 Å². The Hall–Kier alpha value is -0.260. The summed E-state index contributed by atoms with van der Waals surface area (Å²) < 4.78 is 0. The number of nitrogens with one attached hydrogen (secondary N) is 2. The number of piperidine rings is 1. The van der Waals surface area contributed by atoms with E-state index >= 15 is 0 Å². The van der Waals surface area contributed by atoms with Crippen molar-refractivity contribution >= 4 is 17.7 Å². The predicted molar refractivity (Wildman–Crippen MR) is 81.6 cm³/mol. The largest absolute Gasteiger partial charge is 0.352 e. The minimum atomic E-state index is 0.0133. The van der Waals surface area contributed by atoms with E-state index in [9.17, 15) is 4.79 Å². The summed E-state index contributed by atoms with van der Waals surface area (Å²) >= 11 is 1.87. The Morgan fingerprint density at radius 2 is 2.00 bits per heavy atom. The van der Waals surface area contributed by atoms with Gasteiger partial charge in [-0.25, -0.2) is 0 Å². The predicted octanol–water partition coefficient (Wildman–Crippen LogP) is 1.07. The maximum atomic E-state index is 12.1. The van der Waals surface area contributed by atoms with Crippen LogP contribution in [-0.4, -0.2) is 59.6 Å². The highest BCUT2D eigenvalue weighted by atomic mass is 32.2. The van der Waals surface area contributed by atoms with Gasteiger partial charge in [0.05, 0.1) is 6.04 Å². The highest BCUT2D eigenvalue weighted by Gasteiger charge is 2.29. The van der Waals surface area contributed by atoms with Crippen LogP contribution in [0.5, 0.6) is 0 Å². The highest BCUT2D eigenvalue weighted by Crippen LogP contribution is 2.20. The average molecular weight is 285 g/mol. The third kappa shape index (κ3) is 4.36. The maximum absolute atomic E-state index is 12.1. The Morgan fingerprint density at radius 1 is 1.32 bits per heavy atom. The molecule has 1 atom stereocenters. The van der Waals surface area contributed by atoms with Gasteiger partial charge in [0.2, 0.25) is 5.91 Å². The van der Waals surface area contributed by atoms with Crippen LogP contribution in [0.15, 0.2) is 0 Å². The van der Waals surface area contributed by atoms with Crippen molar-refractivity contribution in [1.82, 2.24) is 15.5 Å². The van der Waals surface area contributed by atoms with Crippen LogP contribution in [0.2, 0.25) is 0 Å². The number of hydrogen-bond donors (Lipinski definition) is 2. The van der Waals surface area contributed by atoms with Crippen molar-refractivity contribution in [1.29, 1.82) is 0 Å². The van der Waals surface area contributed by atoms with E-state index in [1.807, 2.05) is 11.8 Å². The van der Waals surface area contributed by atoms with E-state index in [0.717, 1.165) is 44.0 Å².